The van der Waals surface area contributed by atoms with E-state index in [1.54, 1.807) is 13.3 Å². The number of aldehydes is 1. The lowest BCUT2D eigenvalue weighted by molar-refractivity contribution is -0.384. The molecule has 0 amide bonds. The van der Waals surface area contributed by atoms with Crippen LogP contribution in [0.5, 0.6) is 5.75 Å². The molecule has 6 nitrogen and oxygen atoms in total. The van der Waals surface area contributed by atoms with Gasteiger partial charge in [-0.05, 0) is 42.8 Å². The standard InChI is InChI=1S/C11H10ClNO.C7H5NO3/c1-7-6-9(12)8-4-3-5-13-10(8)11(7)14-2;9-5-6-1-3-7(4-2-6)8(10)11/h3-6H,1-2H3;1-5H. The van der Waals surface area contributed by atoms with Crippen molar-refractivity contribution in [2.75, 3.05) is 7.11 Å². The van der Waals surface area contributed by atoms with Gasteiger partial charge >= 0.3 is 0 Å². The molecule has 0 aliphatic heterocycles. The van der Waals surface area contributed by atoms with E-state index in [0.717, 1.165) is 22.2 Å². The molecule has 0 aliphatic rings. The molecule has 0 saturated carbocycles. The highest BCUT2D eigenvalue weighted by Crippen LogP contribution is 2.32. The zero-order chi connectivity index (χ0) is 18.4. The number of hydrogen-bond donors (Lipinski definition) is 0. The second-order valence-corrected chi connectivity index (χ2v) is 5.48. The quantitative estimate of drug-likeness (QED) is 0.388. The predicted molar refractivity (Wildman–Crippen MR) is 96.5 cm³/mol. The summed E-state index contributed by atoms with van der Waals surface area (Å²) in [4.78, 5) is 24.0. The minimum atomic E-state index is -0.505. The van der Waals surface area contributed by atoms with Crippen molar-refractivity contribution in [3.63, 3.8) is 0 Å². The van der Waals surface area contributed by atoms with Gasteiger partial charge < -0.3 is 4.74 Å². The highest BCUT2D eigenvalue weighted by Gasteiger charge is 2.09. The maximum absolute atomic E-state index is 10.1. The fourth-order valence-corrected chi connectivity index (χ4v) is 2.55. The van der Waals surface area contributed by atoms with Crippen molar-refractivity contribution in [3.8, 4) is 5.75 Å². The number of nitro groups is 1. The zero-order valence-electron chi connectivity index (χ0n) is 13.6. The molecule has 3 aromatic rings. The molecule has 0 atom stereocenters. The summed E-state index contributed by atoms with van der Waals surface area (Å²) in [5.74, 6) is 0.796. The smallest absolute Gasteiger partial charge is 0.269 e. The van der Waals surface area contributed by atoms with Crippen LogP contribution in [0.15, 0.2) is 48.7 Å². The van der Waals surface area contributed by atoms with E-state index in [1.807, 2.05) is 25.1 Å². The molecule has 7 heteroatoms. The number of pyridine rings is 1. The Morgan fingerprint density at radius 3 is 2.48 bits per heavy atom. The molecule has 1 aromatic heterocycles. The van der Waals surface area contributed by atoms with Crippen LogP contribution < -0.4 is 4.74 Å². The van der Waals surface area contributed by atoms with Gasteiger partial charge in [0.2, 0.25) is 0 Å². The SMILES string of the molecule is COc1c(C)cc(Cl)c2cccnc12.O=Cc1ccc([N+](=O)[O-])cc1. The van der Waals surface area contributed by atoms with E-state index in [2.05, 4.69) is 4.98 Å². The summed E-state index contributed by atoms with van der Waals surface area (Å²) in [5, 5.41) is 11.8. The molecule has 1 heterocycles. The first-order valence-corrected chi connectivity index (χ1v) is 7.63. The number of hydrogen-bond acceptors (Lipinski definition) is 5. The van der Waals surface area contributed by atoms with Gasteiger partial charge in [0.15, 0.2) is 0 Å². The minimum absolute atomic E-state index is 0.00407. The Bertz CT molecular complexity index is 911. The van der Waals surface area contributed by atoms with Crippen LogP contribution in [0.1, 0.15) is 15.9 Å². The number of carbonyl (C=O) groups is 1. The number of ether oxygens (including phenoxy) is 1. The lowest BCUT2D eigenvalue weighted by atomic mass is 10.1. The first kappa shape index (κ1) is 18.4. The molecule has 0 spiro atoms. The third kappa shape index (κ3) is 4.30. The van der Waals surface area contributed by atoms with Gasteiger partial charge in [-0.1, -0.05) is 11.6 Å². The van der Waals surface area contributed by atoms with E-state index in [-0.39, 0.29) is 5.69 Å². The van der Waals surface area contributed by atoms with E-state index >= 15 is 0 Å². The number of fused-ring (bicyclic) bond motifs is 1. The van der Waals surface area contributed by atoms with Crippen molar-refractivity contribution in [3.05, 3.63) is 74.9 Å². The average molecular weight is 359 g/mol. The number of carbonyl (C=O) groups excluding carboxylic acids is 1. The summed E-state index contributed by atoms with van der Waals surface area (Å²) in [5.41, 5.74) is 2.26. The molecular formula is C18H15ClN2O4. The van der Waals surface area contributed by atoms with Crippen LogP contribution in [-0.2, 0) is 0 Å². The lowest BCUT2D eigenvalue weighted by Gasteiger charge is -2.08. The molecule has 0 N–H and O–H groups in total. The Morgan fingerprint density at radius 2 is 1.92 bits per heavy atom. The lowest BCUT2D eigenvalue weighted by Crippen LogP contribution is -1.91. The van der Waals surface area contributed by atoms with Crippen molar-refractivity contribution in [2.45, 2.75) is 6.92 Å². The Kier molecular flexibility index (Phi) is 6.03. The van der Waals surface area contributed by atoms with Crippen LogP contribution in [0.25, 0.3) is 10.9 Å². The van der Waals surface area contributed by atoms with Gasteiger partial charge in [-0.2, -0.15) is 0 Å². The molecule has 3 rings (SSSR count). The van der Waals surface area contributed by atoms with Crippen molar-refractivity contribution in [1.29, 1.82) is 0 Å². The molecule has 0 saturated heterocycles. The van der Waals surface area contributed by atoms with Crippen molar-refractivity contribution >= 4 is 34.5 Å². The van der Waals surface area contributed by atoms with Crippen LogP contribution in [0.4, 0.5) is 5.69 Å². The van der Waals surface area contributed by atoms with Gasteiger partial charge in [0.05, 0.1) is 17.1 Å². The minimum Gasteiger partial charge on any atom is -0.494 e. The van der Waals surface area contributed by atoms with Crippen LogP contribution in [0.3, 0.4) is 0 Å². The summed E-state index contributed by atoms with van der Waals surface area (Å²) in [6.07, 6.45) is 2.38. The summed E-state index contributed by atoms with van der Waals surface area (Å²) >= 11 is 6.10. The van der Waals surface area contributed by atoms with Crippen LogP contribution in [0.2, 0.25) is 5.02 Å². The van der Waals surface area contributed by atoms with Gasteiger partial charge in [0.1, 0.15) is 17.6 Å². The van der Waals surface area contributed by atoms with E-state index in [0.29, 0.717) is 16.9 Å². The van der Waals surface area contributed by atoms with Crippen LogP contribution in [-0.4, -0.2) is 23.3 Å². The van der Waals surface area contributed by atoms with Crippen molar-refractivity contribution in [2.24, 2.45) is 0 Å². The second-order valence-electron chi connectivity index (χ2n) is 5.07. The predicted octanol–water partition coefficient (Wildman–Crippen LogP) is 4.61. The largest absolute Gasteiger partial charge is 0.494 e. The fourth-order valence-electron chi connectivity index (χ4n) is 2.23. The molecule has 0 radical (unpaired) electrons. The summed E-state index contributed by atoms with van der Waals surface area (Å²) in [6.45, 7) is 1.96. The Labute approximate surface area is 149 Å². The molecule has 0 aliphatic carbocycles. The highest BCUT2D eigenvalue weighted by atomic mass is 35.5. The number of non-ortho nitro benzene ring substituents is 1. The number of aromatic nitrogens is 1. The number of nitrogens with zero attached hydrogens (tertiary/aromatic N) is 2. The number of nitro benzene ring substituents is 1. The van der Waals surface area contributed by atoms with Gasteiger partial charge in [-0.25, -0.2) is 0 Å². The van der Waals surface area contributed by atoms with Crippen LogP contribution in [0, 0.1) is 17.0 Å². The van der Waals surface area contributed by atoms with E-state index in [1.165, 1.54) is 24.3 Å². The van der Waals surface area contributed by atoms with Crippen LogP contribution >= 0.6 is 11.6 Å². The maximum Gasteiger partial charge on any atom is 0.269 e. The van der Waals surface area contributed by atoms with Crippen molar-refractivity contribution in [1.82, 2.24) is 4.98 Å². The number of aryl methyl sites for hydroxylation is 1. The van der Waals surface area contributed by atoms with E-state index in [4.69, 9.17) is 16.3 Å². The highest BCUT2D eigenvalue weighted by molar-refractivity contribution is 6.35. The molecule has 0 bridgehead atoms. The normalized spacial score (nSPS) is 9.88. The van der Waals surface area contributed by atoms with Gasteiger partial charge in [0.25, 0.3) is 5.69 Å². The molecule has 2 aromatic carbocycles. The molecular weight excluding hydrogens is 344 g/mol. The summed E-state index contributed by atoms with van der Waals surface area (Å²) < 4.78 is 5.29. The molecule has 0 fully saturated rings. The number of benzene rings is 2. The maximum atomic E-state index is 10.1. The third-order valence-electron chi connectivity index (χ3n) is 3.43. The van der Waals surface area contributed by atoms with E-state index < -0.39 is 4.92 Å². The monoisotopic (exact) mass is 358 g/mol. The average Bonchev–Trinajstić information content (AvgIpc) is 2.62. The van der Waals surface area contributed by atoms with Gasteiger partial charge in [-0.3, -0.25) is 19.9 Å². The summed E-state index contributed by atoms with van der Waals surface area (Å²) in [7, 11) is 1.64. The molecule has 25 heavy (non-hydrogen) atoms. The number of methoxy groups -OCH3 is 1. The van der Waals surface area contributed by atoms with Crippen molar-refractivity contribution < 1.29 is 14.5 Å². The van der Waals surface area contributed by atoms with Gasteiger partial charge in [0, 0.05) is 29.3 Å². The number of halogens is 1. The van der Waals surface area contributed by atoms with Gasteiger partial charge in [-0.15, -0.1) is 0 Å². The van der Waals surface area contributed by atoms with E-state index in [9.17, 15) is 14.9 Å². The molecule has 128 valence electrons. The first-order chi connectivity index (χ1) is 12.0. The number of rotatable bonds is 3. The fraction of sp³-hybridized carbons (Fsp3) is 0.111. The Morgan fingerprint density at radius 1 is 1.24 bits per heavy atom. The topological polar surface area (TPSA) is 82.3 Å². The second kappa shape index (κ2) is 8.21. The molecule has 0 unspecified atom stereocenters. The Hall–Kier alpha value is -2.99. The first-order valence-electron chi connectivity index (χ1n) is 7.25. The zero-order valence-corrected chi connectivity index (χ0v) is 14.4. The summed E-state index contributed by atoms with van der Waals surface area (Å²) in [6, 6.07) is 11.1. The third-order valence-corrected chi connectivity index (χ3v) is 3.74. The Balaban J connectivity index is 0.000000186.